The molecule has 4 aliphatic rings. The predicted octanol–water partition coefficient (Wildman–Crippen LogP) is 16.6. The Hall–Kier alpha value is -6.29. The van der Waals surface area contributed by atoms with Crippen LogP contribution in [-0.4, -0.2) is 111 Å². The fourth-order valence-electron chi connectivity index (χ4n) is 14.5. The van der Waals surface area contributed by atoms with Gasteiger partial charge in [-0.3, -0.25) is 14.4 Å². The highest BCUT2D eigenvalue weighted by Crippen LogP contribution is 2.66. The molecule has 1 heterocycles. The van der Waals surface area contributed by atoms with Crippen molar-refractivity contribution in [2.45, 2.75) is 258 Å². The van der Waals surface area contributed by atoms with Crippen LogP contribution < -0.4 is 5.32 Å². The SMILES string of the molecule is CCC=CCC=CCC=CCC=CCC=CCC=CCCC(=O)O/C1=C2\C(C)C(OC(=O)[C@H](O[Si](CC)(CC)CC)[C@@H](NC(=O)OC(C)(C)C)c3ccccc3)C[C@@](O)([C@@H](OC(=O)c3ccccc3)[C@@H]3[C@]4(OC(C)=O)CO[C@@H]4C[C@H](O[Si](CC)(CC)CC)[C@@]3(C)C1=O)C2(C)C. The molecule has 3 fully saturated rings. The van der Waals surface area contributed by atoms with Crippen LogP contribution in [0, 0.1) is 22.7 Å². The van der Waals surface area contributed by atoms with Crippen LogP contribution >= 0.6 is 0 Å². The predicted molar refractivity (Wildman–Crippen MR) is 377 cm³/mol. The number of ether oxygens (including phenoxy) is 6. The van der Waals surface area contributed by atoms with Crippen molar-refractivity contribution in [3.8, 4) is 0 Å². The molecule has 2 bridgehead atoms. The number of aliphatic hydroxyl groups is 1. The average molecular weight is 1350 g/mol. The molecular formula is C77H111NO15Si2. The summed E-state index contributed by atoms with van der Waals surface area (Å²) in [6, 6.07) is 19.9. The molecule has 0 radical (unpaired) electrons. The van der Waals surface area contributed by atoms with E-state index in [2.05, 4.69) is 93.8 Å². The van der Waals surface area contributed by atoms with Gasteiger partial charge in [0.1, 0.15) is 29.5 Å². The second-order valence-corrected chi connectivity index (χ2v) is 37.2. The lowest BCUT2D eigenvalue weighted by molar-refractivity contribution is -0.344. The number of rotatable bonds is 33. The minimum Gasteiger partial charge on any atom is -0.460 e. The number of nitrogens with one attached hydrogen (secondary N) is 1. The molecule has 16 nitrogen and oxygen atoms in total. The van der Waals surface area contributed by atoms with Crippen LogP contribution in [-0.2, 0) is 56.5 Å². The maximum Gasteiger partial charge on any atom is 0.408 e. The largest absolute Gasteiger partial charge is 0.460 e. The van der Waals surface area contributed by atoms with Crippen LogP contribution in [0.15, 0.2) is 145 Å². The van der Waals surface area contributed by atoms with Crippen molar-refractivity contribution in [2.75, 3.05) is 6.61 Å². The van der Waals surface area contributed by atoms with Gasteiger partial charge in [-0.15, -0.1) is 0 Å². The fourth-order valence-corrected chi connectivity index (χ4v) is 20.2. The molecule has 95 heavy (non-hydrogen) atoms. The van der Waals surface area contributed by atoms with Gasteiger partial charge in [0.2, 0.25) is 5.78 Å². The van der Waals surface area contributed by atoms with E-state index in [0.29, 0.717) is 48.2 Å². The van der Waals surface area contributed by atoms with Crippen LogP contribution in [0.25, 0.3) is 0 Å². The monoisotopic (exact) mass is 1350 g/mol. The number of hydrogen-bond acceptors (Lipinski definition) is 15. The van der Waals surface area contributed by atoms with E-state index >= 15 is 14.4 Å². The maximum absolute atomic E-state index is 17.2. The van der Waals surface area contributed by atoms with E-state index in [1.54, 1.807) is 103 Å². The van der Waals surface area contributed by atoms with Crippen LogP contribution in [0.3, 0.4) is 0 Å². The van der Waals surface area contributed by atoms with E-state index in [9.17, 15) is 19.5 Å². The minimum absolute atomic E-state index is 0.0658. The first-order valence-electron chi connectivity index (χ1n) is 35.0. The zero-order valence-electron chi connectivity index (χ0n) is 59.5. The second-order valence-electron chi connectivity index (χ2n) is 27.7. The van der Waals surface area contributed by atoms with Gasteiger partial charge in [-0.1, -0.05) is 191 Å². The van der Waals surface area contributed by atoms with Gasteiger partial charge < -0.3 is 47.7 Å². The number of ketones is 1. The quantitative estimate of drug-likeness (QED) is 0.0295. The average Bonchev–Trinajstić information content (AvgIpc) is 0.668. The van der Waals surface area contributed by atoms with Gasteiger partial charge >= 0.3 is 30.0 Å². The van der Waals surface area contributed by atoms with Crippen molar-refractivity contribution < 1.29 is 71.1 Å². The topological polar surface area (TPSA) is 209 Å². The van der Waals surface area contributed by atoms with Crippen molar-refractivity contribution in [2.24, 2.45) is 22.7 Å². The normalized spacial score (nSPS) is 26.8. The summed E-state index contributed by atoms with van der Waals surface area (Å²) in [5.74, 6) is -6.71. The lowest BCUT2D eigenvalue weighted by Crippen LogP contribution is -2.81. The van der Waals surface area contributed by atoms with Gasteiger partial charge in [0, 0.05) is 37.5 Å². The van der Waals surface area contributed by atoms with Crippen LogP contribution in [0.2, 0.25) is 36.3 Å². The van der Waals surface area contributed by atoms with Gasteiger partial charge in [-0.25, -0.2) is 14.4 Å². The summed E-state index contributed by atoms with van der Waals surface area (Å²) >= 11 is 0. The van der Waals surface area contributed by atoms with E-state index in [1.165, 1.54) is 6.92 Å². The molecule has 2 aromatic carbocycles. The van der Waals surface area contributed by atoms with E-state index in [4.69, 9.17) is 37.3 Å². The molecule has 2 unspecified atom stereocenters. The van der Waals surface area contributed by atoms with Crippen molar-refractivity contribution >= 4 is 52.4 Å². The Labute approximate surface area is 569 Å². The van der Waals surface area contributed by atoms with Crippen molar-refractivity contribution in [1.82, 2.24) is 5.32 Å². The fraction of sp³-hybridized carbons (Fsp3) is 0.584. The zero-order valence-corrected chi connectivity index (χ0v) is 61.5. The molecule has 2 N–H and O–H groups in total. The summed E-state index contributed by atoms with van der Waals surface area (Å²) in [5, 5.41) is 17.7. The Morgan fingerprint density at radius 3 is 1.72 bits per heavy atom. The van der Waals surface area contributed by atoms with E-state index in [0.717, 1.165) is 32.1 Å². The highest BCUT2D eigenvalue weighted by molar-refractivity contribution is 6.74. The summed E-state index contributed by atoms with van der Waals surface area (Å²) in [6.45, 7) is 27.5. The highest BCUT2D eigenvalue weighted by atomic mass is 28.4. The smallest absolute Gasteiger partial charge is 0.408 e. The third-order valence-corrected chi connectivity index (χ3v) is 29.8. The zero-order chi connectivity index (χ0) is 69.8. The number of hydrogen-bond donors (Lipinski definition) is 2. The number of amides is 1. The van der Waals surface area contributed by atoms with Gasteiger partial charge in [-0.2, -0.15) is 0 Å². The van der Waals surface area contributed by atoms with E-state index in [-0.39, 0.29) is 42.8 Å². The molecule has 522 valence electrons. The molecule has 18 heteroatoms. The second kappa shape index (κ2) is 34.8. The summed E-state index contributed by atoms with van der Waals surface area (Å²) in [5.41, 5.74) is -7.81. The number of allylic oxidation sites excluding steroid dienone is 13. The lowest BCUT2D eigenvalue weighted by Gasteiger charge is -2.68. The first kappa shape index (κ1) is 77.7. The van der Waals surface area contributed by atoms with Crippen LogP contribution in [0.5, 0.6) is 0 Å². The molecule has 2 saturated carbocycles. The molecule has 0 spiro atoms. The van der Waals surface area contributed by atoms with Gasteiger partial charge in [0.15, 0.2) is 34.1 Å². The molecule has 11 atom stereocenters. The number of carbonyl (C=O) groups excluding carboxylic acids is 6. The standard InChI is InChI=1S/C77H111NO15Si2/c1-16-23-24-25-26-27-28-29-30-31-32-33-34-35-36-37-38-39-46-51-62(80)88-65-63-55(8)59(87-71(83)66(93-95(20-5,21-6)22-7)64(57-47-42-40-43-48-57)78-72(84)91-73(10,11)12)53-77(85,74(63,13)14)69(89-70(82)58-49-44-41-45-50-58)67-75(15,68(65)81)60(92-94(17-2,18-3)19-4)52-61-76(67,54-86-61)90-56(9)79/h23-24,26-27,29-30,32-33,35-36,38-45,47-50,55,59-61,64,66-67,69,85H,16-22,25,28,31,34,37,46,51-54H2,1-15H3,(H,78,84)/b24-23?,27-26?,30-29?,33-32?,36-35?,39-38?,65-63+/t55?,59?,60-,61+,64-,66+,67-,69-,75+,76-,77+/m0/s1. The first-order valence-corrected chi connectivity index (χ1v) is 40.0. The Kier molecular flexibility index (Phi) is 28.5. The number of fused-ring (bicyclic) bond motifs is 5. The Bertz CT molecular complexity index is 3100. The highest BCUT2D eigenvalue weighted by Gasteiger charge is 2.78. The van der Waals surface area contributed by atoms with Crippen LogP contribution in [0.4, 0.5) is 4.79 Å². The molecule has 1 saturated heterocycles. The molecule has 2 aromatic rings. The Morgan fingerprint density at radius 2 is 1.23 bits per heavy atom. The number of Topliss-reactive ketones (excluding diaryl/α,β-unsaturated/α-hetero) is 1. The number of carbonyl (C=O) groups is 6. The van der Waals surface area contributed by atoms with Gasteiger partial charge in [0.25, 0.3) is 0 Å². The number of benzene rings is 2. The van der Waals surface area contributed by atoms with Crippen LogP contribution in [0.1, 0.15) is 190 Å². The maximum atomic E-state index is 17.2. The molecule has 1 aliphatic heterocycles. The minimum atomic E-state index is -2.81. The summed E-state index contributed by atoms with van der Waals surface area (Å²) < 4.78 is 54.0. The van der Waals surface area contributed by atoms with Crippen molar-refractivity contribution in [3.63, 3.8) is 0 Å². The Balaban J connectivity index is 1.51. The molecule has 1 amide bonds. The Morgan fingerprint density at radius 1 is 0.716 bits per heavy atom. The molecule has 3 aliphatic carbocycles. The summed E-state index contributed by atoms with van der Waals surface area (Å²) in [4.78, 5) is 91.1. The van der Waals surface area contributed by atoms with E-state index < -0.39 is 135 Å². The first-order chi connectivity index (χ1) is 45.2. The number of alkyl carbamates (subject to hydrolysis) is 1. The molecule has 6 rings (SSSR count). The summed E-state index contributed by atoms with van der Waals surface area (Å²) in [7, 11) is -5.54. The third kappa shape index (κ3) is 18.5. The van der Waals surface area contributed by atoms with Crippen molar-refractivity contribution in [3.05, 3.63) is 156 Å². The van der Waals surface area contributed by atoms with Crippen molar-refractivity contribution in [1.29, 1.82) is 0 Å². The molecular weight excluding hydrogens is 1240 g/mol. The molecule has 0 aromatic heterocycles. The van der Waals surface area contributed by atoms with Gasteiger partial charge in [-0.05, 0) is 132 Å². The lowest BCUT2D eigenvalue weighted by atomic mass is 9.45. The summed E-state index contributed by atoms with van der Waals surface area (Å²) in [6.07, 6.45) is 22.8. The number of esters is 4. The third-order valence-electron chi connectivity index (χ3n) is 20.5. The van der Waals surface area contributed by atoms with E-state index in [1.807, 2.05) is 39.0 Å². The van der Waals surface area contributed by atoms with Gasteiger partial charge in [0.05, 0.1) is 35.6 Å².